The number of hydrogen-bond acceptors (Lipinski definition) is 5. The highest BCUT2D eigenvalue weighted by Gasteiger charge is 2.20. The molecule has 7 nitrogen and oxygen atoms in total. The maximum Gasteiger partial charge on any atom is 0.263 e. The molecule has 172 valence electrons. The van der Waals surface area contributed by atoms with E-state index in [1.54, 1.807) is 30.3 Å². The Balaban J connectivity index is 1.50. The molecule has 4 rings (SSSR count). The zero-order chi connectivity index (χ0) is 23.6. The second kappa shape index (κ2) is 9.33. The van der Waals surface area contributed by atoms with E-state index in [0.29, 0.717) is 36.1 Å². The Labute approximate surface area is 197 Å². The average molecular weight is 487 g/mol. The minimum atomic E-state index is -3.97. The van der Waals surface area contributed by atoms with Crippen LogP contribution in [-0.4, -0.2) is 27.5 Å². The van der Waals surface area contributed by atoms with Crippen molar-refractivity contribution in [2.45, 2.75) is 25.2 Å². The fourth-order valence-electron chi connectivity index (χ4n) is 3.50. The lowest BCUT2D eigenvalue weighted by Crippen LogP contribution is -2.18. The summed E-state index contributed by atoms with van der Waals surface area (Å²) in [6.45, 7) is 4.70. The van der Waals surface area contributed by atoms with Crippen LogP contribution in [0.1, 0.15) is 16.7 Å². The molecular formula is C24H23ClN2O5S. The van der Waals surface area contributed by atoms with Crippen molar-refractivity contribution in [2.75, 3.05) is 23.3 Å². The second-order valence-electron chi connectivity index (χ2n) is 7.77. The van der Waals surface area contributed by atoms with Crippen molar-refractivity contribution < 1.29 is 22.7 Å². The van der Waals surface area contributed by atoms with E-state index >= 15 is 0 Å². The molecular weight excluding hydrogens is 464 g/mol. The van der Waals surface area contributed by atoms with Crippen LogP contribution in [0, 0.1) is 13.8 Å². The first-order chi connectivity index (χ1) is 15.7. The van der Waals surface area contributed by atoms with Gasteiger partial charge in [0.05, 0.1) is 17.1 Å². The summed E-state index contributed by atoms with van der Waals surface area (Å²) in [4.78, 5) is 12.5. The maximum absolute atomic E-state index is 13.0. The van der Waals surface area contributed by atoms with Crippen molar-refractivity contribution >= 4 is 38.9 Å². The quantitative estimate of drug-likeness (QED) is 0.526. The summed E-state index contributed by atoms with van der Waals surface area (Å²) in [6, 6.07) is 15.1. The molecule has 9 heteroatoms. The summed E-state index contributed by atoms with van der Waals surface area (Å²) in [5.74, 6) is 0.942. The van der Waals surface area contributed by atoms with Crippen LogP contribution in [0.4, 0.5) is 11.4 Å². The van der Waals surface area contributed by atoms with Gasteiger partial charge in [0, 0.05) is 5.69 Å². The van der Waals surface area contributed by atoms with E-state index in [0.717, 1.165) is 16.7 Å². The summed E-state index contributed by atoms with van der Waals surface area (Å²) in [6.07, 6.45) is 0.0855. The van der Waals surface area contributed by atoms with Crippen LogP contribution in [0.15, 0.2) is 59.5 Å². The third-order valence-electron chi connectivity index (χ3n) is 5.10. The molecule has 1 heterocycles. The molecule has 0 bridgehead atoms. The normalized spacial score (nSPS) is 12.8. The van der Waals surface area contributed by atoms with Gasteiger partial charge in [-0.15, -0.1) is 0 Å². The van der Waals surface area contributed by atoms with Crippen molar-refractivity contribution in [3.8, 4) is 11.5 Å². The maximum atomic E-state index is 13.0. The molecule has 0 unspecified atom stereocenters. The molecule has 3 aromatic rings. The molecule has 33 heavy (non-hydrogen) atoms. The third kappa shape index (κ3) is 5.40. The molecule has 0 aromatic heterocycles. The van der Waals surface area contributed by atoms with E-state index < -0.39 is 10.0 Å². The van der Waals surface area contributed by atoms with Gasteiger partial charge in [-0.1, -0.05) is 35.4 Å². The van der Waals surface area contributed by atoms with Gasteiger partial charge in [-0.3, -0.25) is 9.52 Å². The Morgan fingerprint density at radius 3 is 2.48 bits per heavy atom. The van der Waals surface area contributed by atoms with Crippen molar-refractivity contribution in [3.05, 3.63) is 76.3 Å². The highest BCUT2D eigenvalue weighted by molar-refractivity contribution is 7.92. The molecule has 0 saturated carbocycles. The molecule has 1 amide bonds. The number of nitrogens with one attached hydrogen (secondary N) is 2. The molecule has 0 saturated heterocycles. The minimum Gasteiger partial charge on any atom is -0.486 e. The van der Waals surface area contributed by atoms with Crippen LogP contribution in [0.5, 0.6) is 11.5 Å². The summed E-state index contributed by atoms with van der Waals surface area (Å²) in [5.41, 5.74) is 3.34. The first-order valence-electron chi connectivity index (χ1n) is 10.3. The number of rotatable bonds is 6. The fourth-order valence-corrected chi connectivity index (χ4v) is 5.16. The van der Waals surface area contributed by atoms with E-state index in [1.807, 2.05) is 26.0 Å². The number of halogens is 1. The van der Waals surface area contributed by atoms with Gasteiger partial charge in [0.15, 0.2) is 11.5 Å². The summed E-state index contributed by atoms with van der Waals surface area (Å²) >= 11 is 6.19. The Morgan fingerprint density at radius 1 is 0.970 bits per heavy atom. The molecule has 1 aliphatic heterocycles. The smallest absolute Gasteiger partial charge is 0.263 e. The standard InChI is InChI=1S/C24H23ClN2O5S/c1-15-3-7-20(16(2)11-15)27-33(29,30)23-14-18(5-6-19(23)25)26-24(28)13-17-4-8-21-22(12-17)32-10-9-31-21/h3-8,11-12,14,27H,9-10,13H2,1-2H3,(H,26,28). The second-order valence-corrected chi connectivity index (χ2v) is 9.83. The Hall–Kier alpha value is -3.23. The Morgan fingerprint density at radius 2 is 1.73 bits per heavy atom. The molecule has 1 aliphatic rings. The Bertz CT molecular complexity index is 1320. The summed E-state index contributed by atoms with van der Waals surface area (Å²) in [7, 11) is -3.97. The summed E-state index contributed by atoms with van der Waals surface area (Å²) in [5, 5.41) is 2.78. The van der Waals surface area contributed by atoms with E-state index in [2.05, 4.69) is 10.0 Å². The molecule has 0 radical (unpaired) electrons. The van der Waals surface area contributed by atoms with Gasteiger partial charge >= 0.3 is 0 Å². The number of carbonyl (C=O) groups excluding carboxylic acids is 1. The van der Waals surface area contributed by atoms with E-state index in [1.165, 1.54) is 12.1 Å². The van der Waals surface area contributed by atoms with Gasteiger partial charge in [-0.2, -0.15) is 0 Å². The number of benzene rings is 3. The number of anilines is 2. The number of aryl methyl sites for hydroxylation is 2. The Kier molecular flexibility index (Phi) is 6.49. The van der Waals surface area contributed by atoms with Crippen molar-refractivity contribution in [1.29, 1.82) is 0 Å². The number of ether oxygens (including phenoxy) is 2. The van der Waals surface area contributed by atoms with Crippen LogP contribution in [0.2, 0.25) is 5.02 Å². The van der Waals surface area contributed by atoms with Crippen molar-refractivity contribution in [1.82, 2.24) is 0 Å². The lowest BCUT2D eigenvalue weighted by atomic mass is 10.1. The molecule has 0 spiro atoms. The lowest BCUT2D eigenvalue weighted by molar-refractivity contribution is -0.115. The molecule has 3 aromatic carbocycles. The van der Waals surface area contributed by atoms with Crippen LogP contribution in [0.25, 0.3) is 0 Å². The van der Waals surface area contributed by atoms with Crippen LogP contribution in [0.3, 0.4) is 0 Å². The number of hydrogen-bond donors (Lipinski definition) is 2. The highest BCUT2D eigenvalue weighted by Crippen LogP contribution is 2.31. The van der Waals surface area contributed by atoms with E-state index in [9.17, 15) is 13.2 Å². The lowest BCUT2D eigenvalue weighted by Gasteiger charge is -2.18. The van der Waals surface area contributed by atoms with Crippen molar-refractivity contribution in [3.63, 3.8) is 0 Å². The van der Waals surface area contributed by atoms with Crippen LogP contribution in [-0.2, 0) is 21.2 Å². The fraction of sp³-hybridized carbons (Fsp3) is 0.208. The van der Waals surface area contributed by atoms with Crippen LogP contribution < -0.4 is 19.5 Å². The average Bonchev–Trinajstić information content (AvgIpc) is 2.77. The topological polar surface area (TPSA) is 93.7 Å². The zero-order valence-electron chi connectivity index (χ0n) is 18.1. The van der Waals surface area contributed by atoms with Gasteiger partial charge in [0.25, 0.3) is 10.0 Å². The third-order valence-corrected chi connectivity index (χ3v) is 6.95. The molecule has 0 aliphatic carbocycles. The summed E-state index contributed by atoms with van der Waals surface area (Å²) < 4.78 is 39.6. The van der Waals surface area contributed by atoms with E-state index in [-0.39, 0.29) is 22.2 Å². The number of sulfonamides is 1. The largest absolute Gasteiger partial charge is 0.486 e. The highest BCUT2D eigenvalue weighted by atomic mass is 35.5. The number of amides is 1. The van der Waals surface area contributed by atoms with Crippen LogP contribution >= 0.6 is 11.6 Å². The van der Waals surface area contributed by atoms with E-state index in [4.69, 9.17) is 21.1 Å². The number of carbonyl (C=O) groups is 1. The van der Waals surface area contributed by atoms with Gasteiger partial charge in [0.1, 0.15) is 18.1 Å². The first kappa shape index (κ1) is 22.9. The monoisotopic (exact) mass is 486 g/mol. The van der Waals surface area contributed by atoms with Crippen molar-refractivity contribution in [2.24, 2.45) is 0 Å². The molecule has 0 atom stereocenters. The van der Waals surface area contributed by atoms with Gasteiger partial charge < -0.3 is 14.8 Å². The predicted octanol–water partition coefficient (Wildman–Crippen LogP) is 4.71. The first-order valence-corrected chi connectivity index (χ1v) is 12.2. The number of fused-ring (bicyclic) bond motifs is 1. The van der Waals surface area contributed by atoms with Gasteiger partial charge in [-0.05, 0) is 61.4 Å². The SMILES string of the molecule is Cc1ccc(NS(=O)(=O)c2cc(NC(=O)Cc3ccc4c(c3)OCCO4)ccc2Cl)c(C)c1. The zero-order valence-corrected chi connectivity index (χ0v) is 19.7. The van der Waals surface area contributed by atoms with Gasteiger partial charge in [0.2, 0.25) is 5.91 Å². The van der Waals surface area contributed by atoms with Gasteiger partial charge in [-0.25, -0.2) is 8.42 Å². The molecule has 2 N–H and O–H groups in total. The molecule has 0 fully saturated rings. The predicted molar refractivity (Wildman–Crippen MR) is 128 cm³/mol. The minimum absolute atomic E-state index is 0.0529.